The molecule has 2 unspecified atom stereocenters. The second-order valence-electron chi connectivity index (χ2n) is 10.4. The number of amides is 2. The van der Waals surface area contributed by atoms with Crippen molar-refractivity contribution < 1.29 is 23.5 Å². The number of hydrogen-bond donors (Lipinski definition) is 1. The Kier molecular flexibility index (Phi) is 8.08. The van der Waals surface area contributed by atoms with Gasteiger partial charge in [0, 0.05) is 26.1 Å². The zero-order valence-corrected chi connectivity index (χ0v) is 22.0. The van der Waals surface area contributed by atoms with E-state index in [9.17, 15) is 9.59 Å². The molecule has 1 aromatic heterocycles. The molecule has 0 radical (unpaired) electrons. The molecule has 200 valence electrons. The van der Waals surface area contributed by atoms with Gasteiger partial charge in [-0.25, -0.2) is 4.98 Å². The summed E-state index contributed by atoms with van der Waals surface area (Å²) >= 11 is 0. The molecule has 1 saturated heterocycles. The van der Waals surface area contributed by atoms with E-state index in [4.69, 9.17) is 13.9 Å². The Morgan fingerprint density at radius 1 is 1.18 bits per heavy atom. The van der Waals surface area contributed by atoms with Gasteiger partial charge in [0.15, 0.2) is 12.3 Å². The largest absolute Gasteiger partial charge is 0.484 e. The minimum absolute atomic E-state index is 0.0639. The number of hydrogen-bond acceptors (Lipinski definition) is 6. The van der Waals surface area contributed by atoms with Crippen LogP contribution in [0.1, 0.15) is 72.2 Å². The predicted molar refractivity (Wildman–Crippen MR) is 142 cm³/mol. The van der Waals surface area contributed by atoms with Gasteiger partial charge in [-0.1, -0.05) is 50.2 Å². The third kappa shape index (κ3) is 6.07. The van der Waals surface area contributed by atoms with Crippen LogP contribution in [-0.4, -0.2) is 47.5 Å². The molecule has 2 atom stereocenters. The van der Waals surface area contributed by atoms with E-state index < -0.39 is 0 Å². The third-order valence-electron chi connectivity index (χ3n) is 7.03. The SMILES string of the molecule is CC(C)CC(=O)N1CCc2ccc(OCc3nc(C(=O)NCC4CCCO4)co3)cc2C1c1ccccc1. The van der Waals surface area contributed by atoms with E-state index in [1.165, 1.54) is 11.8 Å². The number of nitrogens with zero attached hydrogens (tertiary/aromatic N) is 2. The molecule has 0 aliphatic carbocycles. The Labute approximate surface area is 223 Å². The molecule has 2 aliphatic heterocycles. The lowest BCUT2D eigenvalue weighted by molar-refractivity contribution is -0.134. The van der Waals surface area contributed by atoms with E-state index in [0.29, 0.717) is 37.1 Å². The molecule has 2 aromatic carbocycles. The first-order chi connectivity index (χ1) is 18.5. The molecule has 3 aromatic rings. The van der Waals surface area contributed by atoms with Gasteiger partial charge in [0.1, 0.15) is 12.0 Å². The zero-order valence-electron chi connectivity index (χ0n) is 22.0. The van der Waals surface area contributed by atoms with Crippen LogP contribution in [-0.2, 0) is 22.6 Å². The highest BCUT2D eigenvalue weighted by atomic mass is 16.5. The van der Waals surface area contributed by atoms with Crippen molar-refractivity contribution in [3.8, 4) is 5.75 Å². The first-order valence-corrected chi connectivity index (χ1v) is 13.4. The summed E-state index contributed by atoms with van der Waals surface area (Å²) in [5.41, 5.74) is 3.57. The zero-order chi connectivity index (χ0) is 26.5. The van der Waals surface area contributed by atoms with Gasteiger partial charge in [-0.15, -0.1) is 0 Å². The van der Waals surface area contributed by atoms with Crippen molar-refractivity contribution in [2.75, 3.05) is 19.7 Å². The van der Waals surface area contributed by atoms with Crippen LogP contribution in [0.15, 0.2) is 59.2 Å². The highest BCUT2D eigenvalue weighted by Gasteiger charge is 2.32. The van der Waals surface area contributed by atoms with E-state index in [1.807, 2.05) is 35.2 Å². The topological polar surface area (TPSA) is 93.9 Å². The number of carbonyl (C=O) groups is 2. The van der Waals surface area contributed by atoms with Gasteiger partial charge in [0.2, 0.25) is 11.8 Å². The minimum Gasteiger partial charge on any atom is -0.484 e. The van der Waals surface area contributed by atoms with Crippen LogP contribution >= 0.6 is 0 Å². The lowest BCUT2D eigenvalue weighted by atomic mass is 9.87. The van der Waals surface area contributed by atoms with Crippen molar-refractivity contribution in [3.63, 3.8) is 0 Å². The number of fused-ring (bicyclic) bond motifs is 1. The van der Waals surface area contributed by atoms with Crippen molar-refractivity contribution in [2.24, 2.45) is 5.92 Å². The maximum atomic E-state index is 13.2. The van der Waals surface area contributed by atoms with Gasteiger partial charge in [-0.05, 0) is 54.0 Å². The maximum absolute atomic E-state index is 13.2. The van der Waals surface area contributed by atoms with Crippen LogP contribution in [0.5, 0.6) is 5.75 Å². The molecule has 1 fully saturated rings. The number of aromatic nitrogens is 1. The van der Waals surface area contributed by atoms with E-state index >= 15 is 0 Å². The molecular weight excluding hydrogens is 482 g/mol. The molecule has 2 amide bonds. The van der Waals surface area contributed by atoms with E-state index in [-0.39, 0.29) is 36.3 Å². The minimum atomic E-state index is -0.291. The van der Waals surface area contributed by atoms with Crippen LogP contribution in [0, 0.1) is 5.92 Å². The van der Waals surface area contributed by atoms with Crippen molar-refractivity contribution in [1.29, 1.82) is 0 Å². The van der Waals surface area contributed by atoms with E-state index in [1.54, 1.807) is 0 Å². The standard InChI is InChI=1S/C30H35N3O5/c1-20(2)15-28(34)33-13-12-21-10-11-23(16-25(21)29(33)22-7-4-3-5-8-22)37-19-27-32-26(18-38-27)30(35)31-17-24-9-6-14-36-24/h3-5,7-8,10-11,16,18,20,24,29H,6,9,12-15,17,19H2,1-2H3,(H,31,35). The fourth-order valence-corrected chi connectivity index (χ4v) is 5.14. The fraction of sp³-hybridized carbons (Fsp3) is 0.433. The first-order valence-electron chi connectivity index (χ1n) is 13.4. The lowest BCUT2D eigenvalue weighted by Gasteiger charge is -2.38. The number of rotatable bonds is 9. The third-order valence-corrected chi connectivity index (χ3v) is 7.03. The summed E-state index contributed by atoms with van der Waals surface area (Å²) < 4.78 is 17.1. The van der Waals surface area contributed by atoms with Gasteiger partial charge < -0.3 is 24.1 Å². The lowest BCUT2D eigenvalue weighted by Crippen LogP contribution is -2.41. The molecule has 1 N–H and O–H groups in total. The summed E-state index contributed by atoms with van der Waals surface area (Å²) in [4.78, 5) is 31.9. The van der Waals surface area contributed by atoms with Crippen molar-refractivity contribution in [3.05, 3.63) is 83.1 Å². The van der Waals surface area contributed by atoms with Crippen LogP contribution in [0.25, 0.3) is 0 Å². The summed E-state index contributed by atoms with van der Waals surface area (Å²) in [6, 6.07) is 16.0. The van der Waals surface area contributed by atoms with Crippen LogP contribution in [0.4, 0.5) is 0 Å². The molecule has 0 bridgehead atoms. The molecule has 8 nitrogen and oxygen atoms in total. The first kappa shape index (κ1) is 26.0. The smallest absolute Gasteiger partial charge is 0.273 e. The highest BCUT2D eigenvalue weighted by molar-refractivity contribution is 5.91. The fourth-order valence-electron chi connectivity index (χ4n) is 5.14. The van der Waals surface area contributed by atoms with Gasteiger partial charge in [-0.2, -0.15) is 0 Å². The number of nitrogens with one attached hydrogen (secondary N) is 1. The van der Waals surface area contributed by atoms with Crippen molar-refractivity contribution >= 4 is 11.8 Å². The second kappa shape index (κ2) is 11.8. The maximum Gasteiger partial charge on any atom is 0.273 e. The molecule has 38 heavy (non-hydrogen) atoms. The molecule has 3 heterocycles. The predicted octanol–water partition coefficient (Wildman–Crippen LogP) is 4.68. The van der Waals surface area contributed by atoms with Gasteiger partial charge in [0.25, 0.3) is 5.91 Å². The summed E-state index contributed by atoms with van der Waals surface area (Å²) in [5.74, 6) is 1.14. The normalized spacial score (nSPS) is 18.9. The number of benzene rings is 2. The molecule has 2 aliphatic rings. The Bertz CT molecular complexity index is 1250. The monoisotopic (exact) mass is 517 g/mol. The number of carbonyl (C=O) groups excluding carboxylic acids is 2. The Balaban J connectivity index is 1.29. The highest BCUT2D eigenvalue weighted by Crippen LogP contribution is 2.38. The summed E-state index contributed by atoms with van der Waals surface area (Å²) in [6.07, 6.45) is 4.70. The molecule has 5 rings (SSSR count). The van der Waals surface area contributed by atoms with Crippen LogP contribution in [0.2, 0.25) is 0 Å². The second-order valence-corrected chi connectivity index (χ2v) is 10.4. The Morgan fingerprint density at radius 3 is 2.79 bits per heavy atom. The molecule has 8 heteroatoms. The Morgan fingerprint density at radius 2 is 2.03 bits per heavy atom. The molecule has 0 saturated carbocycles. The van der Waals surface area contributed by atoms with Crippen molar-refractivity contribution in [1.82, 2.24) is 15.2 Å². The van der Waals surface area contributed by atoms with Gasteiger partial charge >= 0.3 is 0 Å². The van der Waals surface area contributed by atoms with Gasteiger partial charge in [-0.3, -0.25) is 9.59 Å². The van der Waals surface area contributed by atoms with Crippen LogP contribution < -0.4 is 10.1 Å². The summed E-state index contributed by atoms with van der Waals surface area (Å²) in [5, 5.41) is 2.85. The molecular formula is C30H35N3O5. The average Bonchev–Trinajstić information content (AvgIpc) is 3.62. The summed E-state index contributed by atoms with van der Waals surface area (Å²) in [7, 11) is 0. The number of oxazole rings is 1. The number of ether oxygens (including phenoxy) is 2. The van der Waals surface area contributed by atoms with Crippen LogP contribution in [0.3, 0.4) is 0 Å². The molecule has 0 spiro atoms. The van der Waals surface area contributed by atoms with E-state index in [2.05, 4.69) is 42.3 Å². The average molecular weight is 518 g/mol. The van der Waals surface area contributed by atoms with Crippen molar-refractivity contribution in [2.45, 2.75) is 58.3 Å². The quantitative estimate of drug-likeness (QED) is 0.443. The summed E-state index contributed by atoms with van der Waals surface area (Å²) in [6.45, 7) is 6.12. The van der Waals surface area contributed by atoms with Gasteiger partial charge in [0.05, 0.1) is 12.1 Å². The Hall–Kier alpha value is -3.65. The van der Waals surface area contributed by atoms with E-state index in [0.717, 1.165) is 37.0 Å².